The standard InChI is InChI=1S/C70H54N4/c1-69(2)55-21-9-7-19-47(55)49-35-31-43(39-57(49)69)67-51-37-33-46(74-65-29-17-13-25-61(65)72(6)62-26-14-18-30-66(62)74)42-54(51)68(44-32-36-50-48-20-8-10-22-56(48)70(3,4)58(50)40-44)52-38-34-45(41-53(52)67)73-63-27-15-11-23-59(63)71(5)60-24-12-16-28-64(60)73/h7-42H,1-6H3. The van der Waals surface area contributed by atoms with E-state index in [2.05, 4.69) is 280 Å². The second-order valence-corrected chi connectivity index (χ2v) is 21.8. The largest absolute Gasteiger partial charge is 0.341 e. The zero-order chi connectivity index (χ0) is 49.8. The Morgan fingerprint density at radius 1 is 0.270 bits per heavy atom. The van der Waals surface area contributed by atoms with E-state index in [9.17, 15) is 0 Å². The molecule has 0 atom stereocenters. The zero-order valence-electron chi connectivity index (χ0n) is 42.6. The lowest BCUT2D eigenvalue weighted by Crippen LogP contribution is -2.24. The number of hydrogen-bond acceptors (Lipinski definition) is 4. The summed E-state index contributed by atoms with van der Waals surface area (Å²) in [6.45, 7) is 9.58. The normalized spacial score (nSPS) is 15.0. The van der Waals surface area contributed by atoms with E-state index in [1.165, 1.54) is 111 Å². The van der Waals surface area contributed by atoms with Gasteiger partial charge in [0.2, 0.25) is 0 Å². The van der Waals surface area contributed by atoms with Crippen molar-refractivity contribution >= 4 is 78.4 Å². The number of nitrogens with zero attached hydrogens (tertiary/aromatic N) is 4. The van der Waals surface area contributed by atoms with Gasteiger partial charge in [-0.05, 0) is 173 Å². The molecule has 0 bridgehead atoms. The number of rotatable bonds is 4. The Morgan fingerprint density at radius 3 is 0.946 bits per heavy atom. The molecule has 0 saturated heterocycles. The van der Waals surface area contributed by atoms with Crippen molar-refractivity contribution in [2.75, 3.05) is 33.7 Å². The van der Waals surface area contributed by atoms with Crippen LogP contribution in [-0.2, 0) is 10.8 Å². The van der Waals surface area contributed by atoms with Crippen molar-refractivity contribution in [3.05, 3.63) is 241 Å². The molecule has 4 nitrogen and oxygen atoms in total. The topological polar surface area (TPSA) is 13.0 Å². The summed E-state index contributed by atoms with van der Waals surface area (Å²) >= 11 is 0. The lowest BCUT2D eigenvalue weighted by atomic mass is 9.79. The first-order valence-corrected chi connectivity index (χ1v) is 26.0. The van der Waals surface area contributed by atoms with Crippen molar-refractivity contribution in [1.82, 2.24) is 0 Å². The number of anilines is 10. The van der Waals surface area contributed by atoms with Gasteiger partial charge >= 0.3 is 0 Å². The Labute approximate surface area is 433 Å². The molecule has 11 aromatic rings. The molecule has 0 spiro atoms. The van der Waals surface area contributed by atoms with Gasteiger partial charge in [-0.1, -0.05) is 161 Å². The van der Waals surface area contributed by atoms with E-state index in [0.29, 0.717) is 0 Å². The monoisotopic (exact) mass is 950 g/mol. The summed E-state index contributed by atoms with van der Waals surface area (Å²) < 4.78 is 0. The van der Waals surface area contributed by atoms with Gasteiger partial charge in [-0.15, -0.1) is 0 Å². The molecule has 0 amide bonds. The summed E-state index contributed by atoms with van der Waals surface area (Å²) in [5.41, 5.74) is 26.9. The van der Waals surface area contributed by atoms with Crippen LogP contribution in [0.2, 0.25) is 0 Å². The van der Waals surface area contributed by atoms with Crippen molar-refractivity contribution < 1.29 is 0 Å². The molecule has 0 aromatic heterocycles. The van der Waals surface area contributed by atoms with E-state index >= 15 is 0 Å². The molecule has 74 heavy (non-hydrogen) atoms. The maximum absolute atomic E-state index is 2.52. The summed E-state index contributed by atoms with van der Waals surface area (Å²) in [6.07, 6.45) is 0. The van der Waals surface area contributed by atoms with Gasteiger partial charge < -0.3 is 19.6 Å². The van der Waals surface area contributed by atoms with Gasteiger partial charge in [-0.2, -0.15) is 0 Å². The van der Waals surface area contributed by atoms with Crippen LogP contribution in [-0.4, -0.2) is 14.1 Å². The molecule has 0 saturated carbocycles. The van der Waals surface area contributed by atoms with E-state index < -0.39 is 0 Å². The average Bonchev–Trinajstić information content (AvgIpc) is 3.81. The zero-order valence-corrected chi connectivity index (χ0v) is 42.6. The molecule has 0 N–H and O–H groups in total. The Morgan fingerprint density at radius 2 is 0.581 bits per heavy atom. The van der Waals surface area contributed by atoms with Gasteiger partial charge in [0.05, 0.1) is 45.5 Å². The molecule has 354 valence electrons. The van der Waals surface area contributed by atoms with Gasteiger partial charge in [0.1, 0.15) is 0 Å². The molecule has 0 unspecified atom stereocenters. The number of benzene rings is 11. The molecule has 0 fully saturated rings. The quantitative estimate of drug-likeness (QED) is 0.163. The first-order valence-electron chi connectivity index (χ1n) is 26.0. The summed E-state index contributed by atoms with van der Waals surface area (Å²) in [4.78, 5) is 9.60. The highest BCUT2D eigenvalue weighted by Crippen LogP contribution is 2.57. The van der Waals surface area contributed by atoms with Crippen molar-refractivity contribution in [1.29, 1.82) is 0 Å². The SMILES string of the molecule is CN1c2ccccc2N(c2ccc3c(-c4ccc5c(c4)C(C)(C)c4ccccc4-5)c4cc(N5c6ccccc6N(C)c6ccccc65)ccc4c(-c4ccc5c(c4)C(C)(C)c4ccccc4-5)c3c2)c2ccccc21. The van der Waals surface area contributed by atoms with E-state index in [4.69, 9.17) is 0 Å². The molecule has 2 aliphatic carbocycles. The van der Waals surface area contributed by atoms with E-state index in [0.717, 1.165) is 34.1 Å². The fourth-order valence-electron chi connectivity index (χ4n) is 13.6. The van der Waals surface area contributed by atoms with Crippen LogP contribution in [0, 0.1) is 0 Å². The Kier molecular flexibility index (Phi) is 8.87. The highest BCUT2D eigenvalue weighted by Gasteiger charge is 2.38. The van der Waals surface area contributed by atoms with E-state index in [-0.39, 0.29) is 10.8 Å². The molecule has 4 aliphatic rings. The van der Waals surface area contributed by atoms with Gasteiger partial charge in [0.25, 0.3) is 0 Å². The van der Waals surface area contributed by atoms with Gasteiger partial charge in [0.15, 0.2) is 0 Å². The maximum Gasteiger partial charge on any atom is 0.0699 e. The molecule has 2 aliphatic heterocycles. The van der Waals surface area contributed by atoms with Crippen LogP contribution in [0.4, 0.5) is 56.9 Å². The molecule has 0 radical (unpaired) electrons. The van der Waals surface area contributed by atoms with Crippen LogP contribution < -0.4 is 19.6 Å². The van der Waals surface area contributed by atoms with Crippen molar-refractivity contribution in [2.24, 2.45) is 0 Å². The third-order valence-corrected chi connectivity index (χ3v) is 17.3. The van der Waals surface area contributed by atoms with Gasteiger partial charge in [-0.3, -0.25) is 0 Å². The summed E-state index contributed by atoms with van der Waals surface area (Å²) in [5.74, 6) is 0. The van der Waals surface area contributed by atoms with Crippen LogP contribution >= 0.6 is 0 Å². The average molecular weight is 951 g/mol. The predicted molar refractivity (Wildman–Crippen MR) is 313 cm³/mol. The molecule has 2 heterocycles. The Bertz CT molecular complexity index is 3850. The van der Waals surface area contributed by atoms with Crippen molar-refractivity contribution in [3.8, 4) is 44.5 Å². The van der Waals surface area contributed by atoms with Gasteiger partial charge in [0, 0.05) is 36.3 Å². The Hall–Kier alpha value is -8.86. The summed E-state index contributed by atoms with van der Waals surface area (Å²) in [5, 5.41) is 4.88. The minimum Gasteiger partial charge on any atom is -0.341 e. The van der Waals surface area contributed by atoms with Crippen LogP contribution in [0.15, 0.2) is 218 Å². The molecular formula is C70H54N4. The molecular weight excluding hydrogens is 897 g/mol. The number of fused-ring (bicyclic) bond motifs is 12. The number of para-hydroxylation sites is 8. The molecule has 4 heteroatoms. The first-order chi connectivity index (χ1) is 36.1. The lowest BCUT2D eigenvalue weighted by molar-refractivity contribution is 0.660. The third kappa shape index (κ3) is 5.79. The second-order valence-electron chi connectivity index (χ2n) is 21.8. The molecule has 15 rings (SSSR count). The first kappa shape index (κ1) is 42.8. The van der Waals surface area contributed by atoms with Crippen molar-refractivity contribution in [3.63, 3.8) is 0 Å². The maximum atomic E-state index is 2.52. The number of hydrogen-bond donors (Lipinski definition) is 0. The van der Waals surface area contributed by atoms with Crippen LogP contribution in [0.5, 0.6) is 0 Å². The third-order valence-electron chi connectivity index (χ3n) is 17.3. The van der Waals surface area contributed by atoms with E-state index in [1.807, 2.05) is 0 Å². The minimum atomic E-state index is -0.171. The van der Waals surface area contributed by atoms with Crippen LogP contribution in [0.1, 0.15) is 49.9 Å². The van der Waals surface area contributed by atoms with Crippen LogP contribution in [0.3, 0.4) is 0 Å². The van der Waals surface area contributed by atoms with Crippen LogP contribution in [0.25, 0.3) is 66.1 Å². The molecule has 11 aromatic carbocycles. The second kappa shape index (κ2) is 15.3. The Balaban J connectivity index is 1.06. The highest BCUT2D eigenvalue weighted by atomic mass is 15.3. The predicted octanol–water partition coefficient (Wildman–Crippen LogP) is 19.0. The minimum absolute atomic E-state index is 0.171. The van der Waals surface area contributed by atoms with Crippen molar-refractivity contribution in [2.45, 2.75) is 38.5 Å². The van der Waals surface area contributed by atoms with Gasteiger partial charge in [-0.25, -0.2) is 0 Å². The smallest absolute Gasteiger partial charge is 0.0699 e. The van der Waals surface area contributed by atoms with E-state index in [1.54, 1.807) is 0 Å². The summed E-state index contributed by atoms with van der Waals surface area (Å²) in [6, 6.07) is 82.5. The fraction of sp³-hybridized carbons (Fsp3) is 0.114. The fourth-order valence-corrected chi connectivity index (χ4v) is 13.6. The lowest BCUT2D eigenvalue weighted by Gasteiger charge is -2.39. The highest BCUT2D eigenvalue weighted by molar-refractivity contribution is 6.23. The summed E-state index contributed by atoms with van der Waals surface area (Å²) in [7, 11) is 4.37.